The Morgan fingerprint density at radius 1 is 1.19 bits per heavy atom. The number of methoxy groups -OCH3 is 1. The highest BCUT2D eigenvalue weighted by Crippen LogP contribution is 2.26. The van der Waals surface area contributed by atoms with Crippen LogP contribution >= 0.6 is 0 Å². The van der Waals surface area contributed by atoms with Crippen LogP contribution in [-0.4, -0.2) is 30.7 Å². The fourth-order valence-electron chi connectivity index (χ4n) is 2.04. The number of ether oxygens (including phenoxy) is 1. The summed E-state index contributed by atoms with van der Waals surface area (Å²) < 4.78 is 5.28. The second-order valence-electron chi connectivity index (χ2n) is 4.67. The van der Waals surface area contributed by atoms with Gasteiger partial charge in [0, 0.05) is 37.8 Å². The lowest BCUT2D eigenvalue weighted by Crippen LogP contribution is -2.14. The van der Waals surface area contributed by atoms with Crippen LogP contribution in [0.25, 0.3) is 0 Å². The first kappa shape index (κ1) is 15.1. The third-order valence-electron chi connectivity index (χ3n) is 3.22. The van der Waals surface area contributed by atoms with Crippen LogP contribution in [0.5, 0.6) is 5.75 Å². The van der Waals surface area contributed by atoms with Crippen molar-refractivity contribution in [3.8, 4) is 5.75 Å². The molecular formula is C16H22N4O. The molecular weight excluding hydrogens is 264 g/mol. The average Bonchev–Trinajstić information content (AvgIpc) is 2.54. The van der Waals surface area contributed by atoms with Crippen LogP contribution < -0.4 is 15.0 Å². The lowest BCUT2D eigenvalue weighted by atomic mass is 10.2. The van der Waals surface area contributed by atoms with Crippen molar-refractivity contribution in [1.29, 1.82) is 0 Å². The van der Waals surface area contributed by atoms with Crippen molar-refractivity contribution in [3.05, 3.63) is 36.2 Å². The maximum Gasteiger partial charge on any atom is 0.138 e. The van der Waals surface area contributed by atoms with Gasteiger partial charge in [-0.2, -0.15) is 0 Å². The molecule has 2 rings (SSSR count). The van der Waals surface area contributed by atoms with E-state index >= 15 is 0 Å². The van der Waals surface area contributed by atoms with Crippen LogP contribution in [0.2, 0.25) is 0 Å². The van der Waals surface area contributed by atoms with Crippen molar-refractivity contribution in [3.63, 3.8) is 0 Å². The monoisotopic (exact) mass is 286 g/mol. The van der Waals surface area contributed by atoms with E-state index in [9.17, 15) is 0 Å². The Balaban J connectivity index is 2.36. The van der Waals surface area contributed by atoms with E-state index in [1.165, 1.54) is 0 Å². The van der Waals surface area contributed by atoms with E-state index in [0.717, 1.165) is 41.9 Å². The lowest BCUT2D eigenvalue weighted by molar-refractivity contribution is 0.415. The Bertz CT molecular complexity index is 601. The molecule has 0 fully saturated rings. The van der Waals surface area contributed by atoms with E-state index in [-0.39, 0.29) is 0 Å². The van der Waals surface area contributed by atoms with Crippen LogP contribution in [0.15, 0.2) is 30.3 Å². The quantitative estimate of drug-likeness (QED) is 0.883. The number of nitrogens with one attached hydrogen (secondary N) is 1. The van der Waals surface area contributed by atoms with Gasteiger partial charge in [0.15, 0.2) is 0 Å². The molecule has 0 spiro atoms. The minimum Gasteiger partial charge on any atom is -0.497 e. The van der Waals surface area contributed by atoms with E-state index in [2.05, 4.69) is 29.1 Å². The number of nitrogens with zero attached hydrogens (tertiary/aromatic N) is 3. The van der Waals surface area contributed by atoms with Gasteiger partial charge in [-0.3, -0.25) is 0 Å². The van der Waals surface area contributed by atoms with Gasteiger partial charge in [0.25, 0.3) is 0 Å². The van der Waals surface area contributed by atoms with Crippen molar-refractivity contribution in [2.24, 2.45) is 0 Å². The van der Waals surface area contributed by atoms with Crippen LogP contribution in [0.1, 0.15) is 19.7 Å². The minimum absolute atomic E-state index is 0.804. The molecule has 0 aliphatic carbocycles. The summed E-state index contributed by atoms with van der Waals surface area (Å²) >= 11 is 0. The molecule has 1 aromatic heterocycles. The Morgan fingerprint density at radius 2 is 2.00 bits per heavy atom. The molecule has 0 amide bonds. The second-order valence-corrected chi connectivity index (χ2v) is 4.67. The zero-order valence-electron chi connectivity index (χ0n) is 13.1. The standard InChI is InChI=1S/C16H22N4O/c1-5-14-18-15(17-6-2)11-16(19-14)20(3)12-8-7-9-13(10-12)21-4/h7-11H,5-6H2,1-4H3,(H,17,18,19). The predicted molar refractivity (Wildman–Crippen MR) is 86.6 cm³/mol. The molecule has 112 valence electrons. The van der Waals surface area contributed by atoms with Gasteiger partial charge in [0.1, 0.15) is 23.2 Å². The molecule has 0 atom stereocenters. The molecule has 21 heavy (non-hydrogen) atoms. The zero-order valence-corrected chi connectivity index (χ0v) is 13.1. The van der Waals surface area contributed by atoms with Crippen LogP contribution in [-0.2, 0) is 6.42 Å². The van der Waals surface area contributed by atoms with Gasteiger partial charge in [-0.15, -0.1) is 0 Å². The molecule has 0 aliphatic heterocycles. The van der Waals surface area contributed by atoms with Gasteiger partial charge >= 0.3 is 0 Å². The highest BCUT2D eigenvalue weighted by molar-refractivity contribution is 5.63. The summed E-state index contributed by atoms with van der Waals surface area (Å²) in [5.74, 6) is 3.38. The van der Waals surface area contributed by atoms with Crippen molar-refractivity contribution in [2.75, 3.05) is 30.9 Å². The van der Waals surface area contributed by atoms with Crippen molar-refractivity contribution in [1.82, 2.24) is 9.97 Å². The highest BCUT2D eigenvalue weighted by atomic mass is 16.5. The highest BCUT2D eigenvalue weighted by Gasteiger charge is 2.10. The topological polar surface area (TPSA) is 50.3 Å². The summed E-state index contributed by atoms with van der Waals surface area (Å²) in [4.78, 5) is 11.1. The van der Waals surface area contributed by atoms with Crippen LogP contribution in [0.4, 0.5) is 17.3 Å². The first-order valence-corrected chi connectivity index (χ1v) is 7.17. The number of anilines is 3. The lowest BCUT2D eigenvalue weighted by Gasteiger charge is -2.20. The van der Waals surface area contributed by atoms with E-state index < -0.39 is 0 Å². The summed E-state index contributed by atoms with van der Waals surface area (Å²) in [6, 6.07) is 9.88. The smallest absolute Gasteiger partial charge is 0.138 e. The molecule has 1 heterocycles. The summed E-state index contributed by atoms with van der Waals surface area (Å²) in [5.41, 5.74) is 1.03. The fourth-order valence-corrected chi connectivity index (χ4v) is 2.04. The van der Waals surface area contributed by atoms with Crippen LogP contribution in [0.3, 0.4) is 0 Å². The number of hydrogen-bond donors (Lipinski definition) is 1. The molecule has 0 saturated heterocycles. The average molecular weight is 286 g/mol. The summed E-state index contributed by atoms with van der Waals surface area (Å²) in [6.07, 6.45) is 0.804. The van der Waals surface area contributed by atoms with Crippen LogP contribution in [0, 0.1) is 0 Å². The van der Waals surface area contributed by atoms with Crippen molar-refractivity contribution in [2.45, 2.75) is 20.3 Å². The normalized spacial score (nSPS) is 10.3. The Kier molecular flexibility index (Phi) is 4.98. The zero-order chi connectivity index (χ0) is 15.2. The fraction of sp³-hybridized carbons (Fsp3) is 0.375. The van der Waals surface area contributed by atoms with Gasteiger partial charge in [-0.05, 0) is 19.1 Å². The molecule has 0 bridgehead atoms. The van der Waals surface area contributed by atoms with E-state index in [1.54, 1.807) is 7.11 Å². The Hall–Kier alpha value is -2.30. The van der Waals surface area contributed by atoms with Crippen molar-refractivity contribution < 1.29 is 4.74 Å². The molecule has 0 saturated carbocycles. The van der Waals surface area contributed by atoms with E-state index in [4.69, 9.17) is 4.74 Å². The third kappa shape index (κ3) is 3.62. The van der Waals surface area contributed by atoms with E-state index in [1.807, 2.05) is 42.3 Å². The molecule has 5 nitrogen and oxygen atoms in total. The first-order chi connectivity index (χ1) is 10.2. The summed E-state index contributed by atoms with van der Waals surface area (Å²) in [7, 11) is 3.66. The molecule has 2 aromatic rings. The second kappa shape index (κ2) is 6.92. The van der Waals surface area contributed by atoms with Crippen molar-refractivity contribution >= 4 is 17.3 Å². The van der Waals surface area contributed by atoms with Gasteiger partial charge in [-0.1, -0.05) is 13.0 Å². The molecule has 1 N–H and O–H groups in total. The molecule has 1 aromatic carbocycles. The molecule has 5 heteroatoms. The van der Waals surface area contributed by atoms with Gasteiger partial charge < -0.3 is 15.0 Å². The molecule has 0 radical (unpaired) electrons. The van der Waals surface area contributed by atoms with Gasteiger partial charge in [-0.25, -0.2) is 9.97 Å². The largest absolute Gasteiger partial charge is 0.497 e. The SMILES string of the molecule is CCNc1cc(N(C)c2cccc(OC)c2)nc(CC)n1. The number of rotatable bonds is 6. The Morgan fingerprint density at radius 3 is 2.67 bits per heavy atom. The number of aryl methyl sites for hydroxylation is 1. The van der Waals surface area contributed by atoms with Gasteiger partial charge in [0.05, 0.1) is 7.11 Å². The van der Waals surface area contributed by atoms with Gasteiger partial charge in [0.2, 0.25) is 0 Å². The summed E-state index contributed by atoms with van der Waals surface area (Å²) in [5, 5.41) is 3.25. The number of aromatic nitrogens is 2. The third-order valence-corrected chi connectivity index (χ3v) is 3.22. The summed E-state index contributed by atoms with van der Waals surface area (Å²) in [6.45, 7) is 4.95. The molecule has 0 unspecified atom stereocenters. The predicted octanol–water partition coefficient (Wildman–Crippen LogP) is 3.25. The van der Waals surface area contributed by atoms with E-state index in [0.29, 0.717) is 0 Å². The maximum absolute atomic E-state index is 5.28. The Labute approximate surface area is 126 Å². The number of benzene rings is 1. The number of hydrogen-bond acceptors (Lipinski definition) is 5. The molecule has 0 aliphatic rings. The first-order valence-electron chi connectivity index (χ1n) is 7.17. The maximum atomic E-state index is 5.28. The minimum atomic E-state index is 0.804.